The Labute approximate surface area is 167 Å². The van der Waals surface area contributed by atoms with E-state index in [-0.39, 0.29) is 0 Å². The first-order valence-electron chi connectivity index (χ1n) is 8.90. The first-order valence-corrected chi connectivity index (χ1v) is 8.90. The zero-order valence-corrected chi connectivity index (χ0v) is 16.0. The molecule has 0 fully saturated rings. The molecule has 0 atom stereocenters. The highest BCUT2D eigenvalue weighted by atomic mass is 16.5. The van der Waals surface area contributed by atoms with Gasteiger partial charge in [-0.3, -0.25) is 4.98 Å². The second-order valence-electron chi connectivity index (χ2n) is 6.18. The third-order valence-corrected chi connectivity index (χ3v) is 4.43. The van der Waals surface area contributed by atoms with Gasteiger partial charge in [0.1, 0.15) is 23.5 Å². The van der Waals surface area contributed by atoms with Crippen molar-refractivity contribution in [1.29, 1.82) is 0 Å². The molecule has 0 amide bonds. The van der Waals surface area contributed by atoms with Crippen LogP contribution < -0.4 is 25.8 Å². The van der Waals surface area contributed by atoms with Crippen LogP contribution >= 0.6 is 0 Å². The number of fused-ring (bicyclic) bond motifs is 1. The number of nitrogens with two attached hydrogens (primary N) is 1. The summed E-state index contributed by atoms with van der Waals surface area (Å²) in [5.74, 6) is 2.23. The zero-order chi connectivity index (χ0) is 20.2. The summed E-state index contributed by atoms with van der Waals surface area (Å²) in [7, 11) is 3.19. The molecule has 0 radical (unpaired) electrons. The van der Waals surface area contributed by atoms with Gasteiger partial charge in [0.2, 0.25) is 0 Å². The molecule has 29 heavy (non-hydrogen) atoms. The maximum atomic E-state index is 6.33. The predicted octanol–water partition coefficient (Wildman–Crippen LogP) is 4.11. The van der Waals surface area contributed by atoms with Gasteiger partial charge in [-0.05, 0) is 24.3 Å². The first kappa shape index (κ1) is 18.3. The number of nitrogens with one attached hydrogen (secondary N) is 2. The Morgan fingerprint density at radius 3 is 2.34 bits per heavy atom. The number of para-hydroxylation sites is 1. The Morgan fingerprint density at radius 1 is 0.828 bits per heavy atom. The van der Waals surface area contributed by atoms with Gasteiger partial charge >= 0.3 is 0 Å². The van der Waals surface area contributed by atoms with Crippen LogP contribution in [0.5, 0.6) is 11.5 Å². The molecule has 0 saturated carbocycles. The van der Waals surface area contributed by atoms with Crippen LogP contribution in [0.25, 0.3) is 10.9 Å². The standard InChI is InChI=1S/C21H20N6O2/c1-28-14-8-9-15(17(11-14)29-2)26-20-18(22)21(25-12-24-20)27-16-7-3-5-13-6-4-10-23-19(13)16/h3-12H,22H2,1-2H3,(H2,24,25,26,27). The Bertz CT molecular complexity index is 1160. The second-order valence-corrected chi connectivity index (χ2v) is 6.18. The van der Waals surface area contributed by atoms with Gasteiger partial charge in [-0.15, -0.1) is 0 Å². The lowest BCUT2D eigenvalue weighted by Gasteiger charge is -2.15. The molecule has 2 aromatic heterocycles. The van der Waals surface area contributed by atoms with Crippen LogP contribution in [0.3, 0.4) is 0 Å². The van der Waals surface area contributed by atoms with E-state index in [2.05, 4.69) is 25.6 Å². The molecule has 0 aliphatic carbocycles. The molecule has 8 heteroatoms. The van der Waals surface area contributed by atoms with Gasteiger partial charge in [-0.25, -0.2) is 9.97 Å². The van der Waals surface area contributed by atoms with Gasteiger partial charge in [0.05, 0.1) is 31.1 Å². The van der Waals surface area contributed by atoms with Crippen molar-refractivity contribution < 1.29 is 9.47 Å². The minimum atomic E-state index is 0.373. The third-order valence-electron chi connectivity index (χ3n) is 4.43. The lowest BCUT2D eigenvalue weighted by molar-refractivity contribution is 0.395. The molecule has 8 nitrogen and oxygen atoms in total. The number of nitrogen functional groups attached to an aromatic ring is 1. The summed E-state index contributed by atoms with van der Waals surface area (Å²) in [4.78, 5) is 13.0. The highest BCUT2D eigenvalue weighted by molar-refractivity contribution is 5.93. The first-order chi connectivity index (χ1) is 14.2. The second kappa shape index (κ2) is 7.89. The molecule has 0 aliphatic rings. The minimum absolute atomic E-state index is 0.373. The van der Waals surface area contributed by atoms with Gasteiger partial charge in [0.25, 0.3) is 0 Å². The lowest BCUT2D eigenvalue weighted by atomic mass is 10.2. The van der Waals surface area contributed by atoms with Gasteiger partial charge in [-0.2, -0.15) is 0 Å². The van der Waals surface area contributed by atoms with E-state index in [4.69, 9.17) is 15.2 Å². The number of benzene rings is 2. The topological polar surface area (TPSA) is 107 Å². The van der Waals surface area contributed by atoms with Crippen LogP contribution in [0.2, 0.25) is 0 Å². The smallest absolute Gasteiger partial charge is 0.159 e. The summed E-state index contributed by atoms with van der Waals surface area (Å²) in [5, 5.41) is 7.47. The molecule has 0 aliphatic heterocycles. The van der Waals surface area contributed by atoms with E-state index in [0.29, 0.717) is 34.5 Å². The van der Waals surface area contributed by atoms with Crippen molar-refractivity contribution in [3.05, 3.63) is 61.1 Å². The highest BCUT2D eigenvalue weighted by Gasteiger charge is 2.13. The molecule has 4 aromatic rings. The maximum Gasteiger partial charge on any atom is 0.159 e. The summed E-state index contributed by atoms with van der Waals surface area (Å²) in [5.41, 5.74) is 9.05. The number of rotatable bonds is 6. The number of nitrogens with zero attached hydrogens (tertiary/aromatic N) is 3. The average molecular weight is 388 g/mol. The van der Waals surface area contributed by atoms with Gasteiger partial charge in [-0.1, -0.05) is 18.2 Å². The summed E-state index contributed by atoms with van der Waals surface area (Å²) in [6, 6.07) is 15.2. The van der Waals surface area contributed by atoms with Crippen LogP contribution in [0, 0.1) is 0 Å². The zero-order valence-electron chi connectivity index (χ0n) is 16.0. The van der Waals surface area contributed by atoms with Crippen LogP contribution in [-0.4, -0.2) is 29.2 Å². The highest BCUT2D eigenvalue weighted by Crippen LogP contribution is 2.34. The Balaban J connectivity index is 1.66. The SMILES string of the molecule is COc1ccc(Nc2ncnc(Nc3cccc4cccnc34)c2N)c(OC)c1. The van der Waals surface area contributed by atoms with E-state index in [1.165, 1.54) is 6.33 Å². The van der Waals surface area contributed by atoms with E-state index in [1.807, 2.05) is 42.5 Å². The quantitative estimate of drug-likeness (QED) is 0.453. The summed E-state index contributed by atoms with van der Waals surface area (Å²) in [6.07, 6.45) is 3.19. The van der Waals surface area contributed by atoms with Crippen molar-refractivity contribution in [2.45, 2.75) is 0 Å². The van der Waals surface area contributed by atoms with E-state index >= 15 is 0 Å². The molecule has 4 rings (SSSR count). The number of methoxy groups -OCH3 is 2. The summed E-state index contributed by atoms with van der Waals surface area (Å²) >= 11 is 0. The molecule has 2 heterocycles. The largest absolute Gasteiger partial charge is 0.497 e. The molecule has 2 aromatic carbocycles. The molecular weight excluding hydrogens is 368 g/mol. The van der Waals surface area contributed by atoms with Crippen molar-refractivity contribution in [3.63, 3.8) is 0 Å². The fourth-order valence-electron chi connectivity index (χ4n) is 2.96. The van der Waals surface area contributed by atoms with E-state index in [1.54, 1.807) is 26.5 Å². The van der Waals surface area contributed by atoms with Crippen molar-refractivity contribution in [2.75, 3.05) is 30.6 Å². The normalized spacial score (nSPS) is 10.6. The average Bonchev–Trinajstić information content (AvgIpc) is 2.77. The number of ether oxygens (including phenoxy) is 2. The van der Waals surface area contributed by atoms with E-state index in [0.717, 1.165) is 16.6 Å². The Morgan fingerprint density at radius 2 is 1.59 bits per heavy atom. The van der Waals surface area contributed by atoms with Crippen LogP contribution in [0.1, 0.15) is 0 Å². The number of hydrogen-bond acceptors (Lipinski definition) is 8. The molecule has 0 saturated heterocycles. The number of anilines is 5. The Hall–Kier alpha value is -4.07. The van der Waals surface area contributed by atoms with Crippen molar-refractivity contribution >= 4 is 39.6 Å². The summed E-state index contributed by atoms with van der Waals surface area (Å²) < 4.78 is 10.7. The fourth-order valence-corrected chi connectivity index (χ4v) is 2.96. The van der Waals surface area contributed by atoms with Crippen LogP contribution in [0.4, 0.5) is 28.7 Å². The van der Waals surface area contributed by atoms with E-state index < -0.39 is 0 Å². The molecule has 0 unspecified atom stereocenters. The number of aromatic nitrogens is 3. The minimum Gasteiger partial charge on any atom is -0.497 e. The van der Waals surface area contributed by atoms with Crippen LogP contribution in [0.15, 0.2) is 61.1 Å². The Kier molecular flexibility index (Phi) is 4.98. The summed E-state index contributed by atoms with van der Waals surface area (Å²) in [6.45, 7) is 0. The molecule has 4 N–H and O–H groups in total. The van der Waals surface area contributed by atoms with Gasteiger partial charge < -0.3 is 25.8 Å². The van der Waals surface area contributed by atoms with Gasteiger partial charge in [0.15, 0.2) is 11.6 Å². The lowest BCUT2D eigenvalue weighted by Crippen LogP contribution is -2.06. The van der Waals surface area contributed by atoms with Crippen molar-refractivity contribution in [1.82, 2.24) is 15.0 Å². The number of pyridine rings is 1. The molecule has 0 bridgehead atoms. The number of hydrogen-bond donors (Lipinski definition) is 3. The maximum absolute atomic E-state index is 6.33. The molecular formula is C21H20N6O2. The fraction of sp³-hybridized carbons (Fsp3) is 0.0952. The third kappa shape index (κ3) is 3.68. The van der Waals surface area contributed by atoms with Crippen LogP contribution in [-0.2, 0) is 0 Å². The van der Waals surface area contributed by atoms with Crippen molar-refractivity contribution in [3.8, 4) is 11.5 Å². The monoisotopic (exact) mass is 388 g/mol. The molecule has 146 valence electrons. The predicted molar refractivity (Wildman–Crippen MR) is 114 cm³/mol. The molecule has 0 spiro atoms. The van der Waals surface area contributed by atoms with Gasteiger partial charge in [0, 0.05) is 17.6 Å². The van der Waals surface area contributed by atoms with E-state index in [9.17, 15) is 0 Å². The van der Waals surface area contributed by atoms with Crippen molar-refractivity contribution in [2.24, 2.45) is 0 Å².